The molecule has 0 saturated heterocycles. The number of hydrogen-bond donors (Lipinski definition) is 0. The largest absolute Gasteiger partial charge is 1.00 e. The van der Waals surface area contributed by atoms with Crippen molar-refractivity contribution in [1.82, 2.24) is 15.1 Å². The summed E-state index contributed by atoms with van der Waals surface area (Å²) in [5.41, 5.74) is 0.672. The third-order valence-corrected chi connectivity index (χ3v) is 1.68. The third kappa shape index (κ3) is 3.13. The SMILES string of the molecule is O=C([O-])Cc1nc(-c2cccnc2)no1.[Na+]. The van der Waals surface area contributed by atoms with Crippen LogP contribution >= 0.6 is 0 Å². The molecule has 0 N–H and O–H groups in total. The maximum Gasteiger partial charge on any atom is 1.00 e. The first-order valence-electron chi connectivity index (χ1n) is 4.18. The molecule has 7 heteroatoms. The van der Waals surface area contributed by atoms with Crippen LogP contribution in [0.15, 0.2) is 29.0 Å². The number of carboxylic acid groups (broad SMARTS) is 1. The van der Waals surface area contributed by atoms with Gasteiger partial charge in [-0.1, -0.05) is 5.16 Å². The van der Waals surface area contributed by atoms with Crippen LogP contribution in [0.2, 0.25) is 0 Å². The second kappa shape index (κ2) is 5.74. The molecule has 76 valence electrons. The molecule has 0 fully saturated rings. The van der Waals surface area contributed by atoms with E-state index in [1.807, 2.05) is 0 Å². The molecule has 0 aliphatic carbocycles. The molecule has 0 aromatic carbocycles. The fraction of sp³-hybridized carbons (Fsp3) is 0.111. The van der Waals surface area contributed by atoms with Gasteiger partial charge in [0, 0.05) is 18.0 Å². The summed E-state index contributed by atoms with van der Waals surface area (Å²) in [6.07, 6.45) is 2.80. The molecule has 0 amide bonds. The van der Waals surface area contributed by atoms with Crippen molar-refractivity contribution in [1.29, 1.82) is 0 Å². The van der Waals surface area contributed by atoms with Crippen molar-refractivity contribution in [3.8, 4) is 11.4 Å². The second-order valence-electron chi connectivity index (χ2n) is 2.80. The number of rotatable bonds is 3. The molecular weight excluding hydrogens is 221 g/mol. The van der Waals surface area contributed by atoms with Crippen molar-refractivity contribution in [2.45, 2.75) is 6.42 Å². The van der Waals surface area contributed by atoms with Gasteiger partial charge in [-0.15, -0.1) is 0 Å². The molecule has 0 atom stereocenters. The Balaban J connectivity index is 0.00000128. The Morgan fingerprint density at radius 2 is 2.31 bits per heavy atom. The van der Waals surface area contributed by atoms with Crippen molar-refractivity contribution in [3.05, 3.63) is 30.4 Å². The molecule has 16 heavy (non-hydrogen) atoms. The maximum absolute atomic E-state index is 10.3. The standard InChI is InChI=1S/C9H7N3O3.Na/c13-8(14)4-7-11-9(12-15-7)6-2-1-3-10-5-6;/h1-3,5H,4H2,(H,13,14);/q;+1/p-1. The zero-order valence-corrected chi connectivity index (χ0v) is 10.6. The third-order valence-electron chi connectivity index (χ3n) is 1.68. The first-order valence-corrected chi connectivity index (χ1v) is 4.18. The molecule has 2 rings (SSSR count). The fourth-order valence-corrected chi connectivity index (χ4v) is 1.06. The topological polar surface area (TPSA) is 91.9 Å². The van der Waals surface area contributed by atoms with E-state index in [-0.39, 0.29) is 41.9 Å². The normalized spacial score (nSPS) is 9.50. The molecule has 0 aliphatic heterocycles. The fourth-order valence-electron chi connectivity index (χ4n) is 1.06. The molecule has 2 aromatic heterocycles. The number of carboxylic acids is 1. The van der Waals surface area contributed by atoms with Crippen LogP contribution < -0.4 is 34.7 Å². The molecular formula is C9H6N3NaO3. The predicted octanol–water partition coefficient (Wildman–Crippen LogP) is -3.57. The Morgan fingerprint density at radius 3 is 2.94 bits per heavy atom. The van der Waals surface area contributed by atoms with Gasteiger partial charge in [-0.3, -0.25) is 4.98 Å². The summed E-state index contributed by atoms with van der Waals surface area (Å²) in [5, 5.41) is 13.9. The van der Waals surface area contributed by atoms with Crippen LogP contribution in [0.1, 0.15) is 5.89 Å². The minimum absolute atomic E-state index is 0. The van der Waals surface area contributed by atoms with Crippen LogP contribution in [0.25, 0.3) is 11.4 Å². The molecule has 0 bridgehead atoms. The number of nitrogens with zero attached hydrogens (tertiary/aromatic N) is 3. The molecule has 0 radical (unpaired) electrons. The number of aliphatic carboxylic acids is 1. The van der Waals surface area contributed by atoms with Gasteiger partial charge in [-0.25, -0.2) is 0 Å². The average Bonchev–Trinajstić information content (AvgIpc) is 2.67. The number of carbonyl (C=O) groups excluding carboxylic acids is 1. The van der Waals surface area contributed by atoms with E-state index < -0.39 is 5.97 Å². The molecule has 2 heterocycles. The minimum atomic E-state index is -1.25. The van der Waals surface area contributed by atoms with Crippen molar-refractivity contribution in [3.63, 3.8) is 0 Å². The van der Waals surface area contributed by atoms with Crippen LogP contribution in [-0.4, -0.2) is 21.1 Å². The average molecular weight is 227 g/mol. The number of carbonyl (C=O) groups is 1. The number of aromatic nitrogens is 3. The zero-order valence-electron chi connectivity index (χ0n) is 8.58. The maximum atomic E-state index is 10.3. The summed E-state index contributed by atoms with van der Waals surface area (Å²) in [4.78, 5) is 18.0. The first kappa shape index (κ1) is 12.8. The Labute approximate surface area is 113 Å². The molecule has 0 aliphatic rings. The van der Waals surface area contributed by atoms with E-state index in [4.69, 9.17) is 4.52 Å². The van der Waals surface area contributed by atoms with Crippen LogP contribution in [0.5, 0.6) is 0 Å². The van der Waals surface area contributed by atoms with Crippen LogP contribution in [-0.2, 0) is 11.2 Å². The number of hydrogen-bond acceptors (Lipinski definition) is 6. The van der Waals surface area contributed by atoms with E-state index in [1.54, 1.807) is 24.5 Å². The summed E-state index contributed by atoms with van der Waals surface area (Å²) in [7, 11) is 0. The van der Waals surface area contributed by atoms with Gasteiger partial charge < -0.3 is 14.4 Å². The van der Waals surface area contributed by atoms with Gasteiger partial charge in [0.2, 0.25) is 11.7 Å². The summed E-state index contributed by atoms with van der Waals surface area (Å²) in [6.45, 7) is 0. The summed E-state index contributed by atoms with van der Waals surface area (Å²) >= 11 is 0. The minimum Gasteiger partial charge on any atom is -0.550 e. The first-order chi connectivity index (χ1) is 7.25. The predicted molar refractivity (Wildman–Crippen MR) is 46.2 cm³/mol. The van der Waals surface area contributed by atoms with Crippen LogP contribution in [0, 0.1) is 0 Å². The van der Waals surface area contributed by atoms with Gasteiger partial charge in [0.25, 0.3) is 0 Å². The van der Waals surface area contributed by atoms with E-state index in [1.165, 1.54) is 0 Å². The zero-order chi connectivity index (χ0) is 10.7. The Bertz CT molecular complexity index is 472. The van der Waals surface area contributed by atoms with E-state index in [2.05, 4.69) is 15.1 Å². The van der Waals surface area contributed by atoms with Crippen molar-refractivity contribution in [2.24, 2.45) is 0 Å². The molecule has 6 nitrogen and oxygen atoms in total. The Kier molecular flexibility index (Phi) is 4.60. The van der Waals surface area contributed by atoms with Gasteiger partial charge in [0.05, 0.1) is 12.4 Å². The van der Waals surface area contributed by atoms with Gasteiger partial charge in [0.1, 0.15) is 0 Å². The quantitative estimate of drug-likeness (QED) is 0.504. The molecule has 0 unspecified atom stereocenters. The monoisotopic (exact) mass is 227 g/mol. The van der Waals surface area contributed by atoms with Crippen molar-refractivity contribution in [2.75, 3.05) is 0 Å². The van der Waals surface area contributed by atoms with E-state index in [0.29, 0.717) is 11.4 Å². The van der Waals surface area contributed by atoms with Gasteiger partial charge in [-0.2, -0.15) is 4.98 Å². The van der Waals surface area contributed by atoms with E-state index in [9.17, 15) is 9.90 Å². The second-order valence-corrected chi connectivity index (χ2v) is 2.80. The summed E-state index contributed by atoms with van der Waals surface area (Å²) in [6, 6.07) is 3.48. The van der Waals surface area contributed by atoms with Gasteiger partial charge >= 0.3 is 29.6 Å². The summed E-state index contributed by atoms with van der Waals surface area (Å²) in [5.74, 6) is -0.912. The smallest absolute Gasteiger partial charge is 0.550 e. The molecule has 2 aromatic rings. The Hall–Kier alpha value is -1.24. The number of pyridine rings is 1. The van der Waals surface area contributed by atoms with Gasteiger partial charge in [0.15, 0.2) is 0 Å². The Morgan fingerprint density at radius 1 is 1.50 bits per heavy atom. The van der Waals surface area contributed by atoms with Crippen LogP contribution in [0.3, 0.4) is 0 Å². The van der Waals surface area contributed by atoms with Gasteiger partial charge in [-0.05, 0) is 12.1 Å². The van der Waals surface area contributed by atoms with Crippen molar-refractivity contribution >= 4 is 5.97 Å². The molecule has 0 spiro atoms. The van der Waals surface area contributed by atoms with E-state index >= 15 is 0 Å². The van der Waals surface area contributed by atoms with E-state index in [0.717, 1.165) is 0 Å². The summed E-state index contributed by atoms with van der Waals surface area (Å²) < 4.78 is 4.72. The van der Waals surface area contributed by atoms with Crippen molar-refractivity contribution < 1.29 is 44.0 Å². The van der Waals surface area contributed by atoms with Crippen LogP contribution in [0.4, 0.5) is 0 Å². The molecule has 0 saturated carbocycles.